The molecule has 5 atom stereocenters. The third kappa shape index (κ3) is 8.73. The van der Waals surface area contributed by atoms with E-state index in [0.717, 1.165) is 32.9 Å². The maximum atomic E-state index is 13.0. The second-order valence-corrected chi connectivity index (χ2v) is 12.0. The first-order valence-electron chi connectivity index (χ1n) is 14.9. The molecule has 234 valence electrons. The van der Waals surface area contributed by atoms with Gasteiger partial charge in [0.15, 0.2) is 6.29 Å². The second-order valence-electron chi connectivity index (χ2n) is 10.9. The molecule has 4 aromatic carbocycles. The number of esters is 1. The first kappa shape index (κ1) is 32.2. The Labute approximate surface area is 268 Å². The van der Waals surface area contributed by atoms with E-state index in [-0.39, 0.29) is 24.7 Å². The van der Waals surface area contributed by atoms with Gasteiger partial charge in [0.25, 0.3) is 0 Å². The highest BCUT2D eigenvalue weighted by Crippen LogP contribution is 2.43. The van der Waals surface area contributed by atoms with Gasteiger partial charge < -0.3 is 30.0 Å². The molecule has 0 spiro atoms. The number of hydrogen-bond acceptors (Lipinski definition) is 7. The number of anilines is 1. The monoisotopic (exact) mass is 626 g/mol. The number of nitrogens with one attached hydrogen (secondary N) is 2. The number of urea groups is 1. The molecule has 1 aliphatic heterocycles. The van der Waals surface area contributed by atoms with Crippen molar-refractivity contribution < 1.29 is 28.9 Å². The Morgan fingerprint density at radius 1 is 0.867 bits per heavy atom. The van der Waals surface area contributed by atoms with Crippen molar-refractivity contribution in [1.82, 2.24) is 5.32 Å². The summed E-state index contributed by atoms with van der Waals surface area (Å²) >= 11 is 1.74. The number of ether oxygens (including phenoxy) is 3. The van der Waals surface area contributed by atoms with Crippen LogP contribution in [0.4, 0.5) is 10.5 Å². The van der Waals surface area contributed by atoms with Crippen molar-refractivity contribution in [2.45, 2.75) is 49.4 Å². The van der Waals surface area contributed by atoms with E-state index >= 15 is 0 Å². The molecule has 5 unspecified atom stereocenters. The van der Waals surface area contributed by atoms with Crippen molar-refractivity contribution in [2.75, 3.05) is 18.2 Å². The number of aliphatic hydroxyl groups excluding tert-OH is 1. The molecule has 1 saturated heterocycles. The van der Waals surface area contributed by atoms with Crippen LogP contribution >= 0.6 is 11.8 Å². The van der Waals surface area contributed by atoms with Gasteiger partial charge in [-0.1, -0.05) is 91.9 Å². The predicted molar refractivity (Wildman–Crippen MR) is 175 cm³/mol. The van der Waals surface area contributed by atoms with E-state index in [0.29, 0.717) is 12.1 Å². The quantitative estimate of drug-likeness (QED) is 0.126. The molecule has 3 N–H and O–H groups in total. The van der Waals surface area contributed by atoms with E-state index < -0.39 is 24.3 Å². The lowest BCUT2D eigenvalue weighted by Gasteiger charge is -2.41. The lowest BCUT2D eigenvalue weighted by molar-refractivity contribution is -0.268. The third-order valence-corrected chi connectivity index (χ3v) is 8.87. The zero-order chi connectivity index (χ0) is 31.6. The Bertz CT molecular complexity index is 1540. The number of carbonyl (C=O) groups excluding carboxylic acids is 2. The molecule has 0 aliphatic carbocycles. The van der Waals surface area contributed by atoms with Gasteiger partial charge in [0.2, 0.25) is 0 Å². The average Bonchev–Trinajstić information content (AvgIpc) is 3.08. The highest BCUT2D eigenvalue weighted by molar-refractivity contribution is 7.99. The Morgan fingerprint density at radius 3 is 2.27 bits per heavy atom. The number of amides is 2. The predicted octanol–water partition coefficient (Wildman–Crippen LogP) is 6.67. The number of thioether (sulfide) groups is 1. The van der Waals surface area contributed by atoms with Gasteiger partial charge in [-0.05, 0) is 41.0 Å². The van der Waals surface area contributed by atoms with Crippen LogP contribution in [0.3, 0.4) is 0 Å². The van der Waals surface area contributed by atoms with Crippen LogP contribution in [0.5, 0.6) is 0 Å². The molecule has 5 rings (SSSR count). The van der Waals surface area contributed by atoms with E-state index in [9.17, 15) is 14.7 Å². The zero-order valence-electron chi connectivity index (χ0n) is 25.3. The van der Waals surface area contributed by atoms with Gasteiger partial charge >= 0.3 is 12.0 Å². The molecule has 2 amide bonds. The maximum absolute atomic E-state index is 13.0. The molecule has 4 aromatic rings. The fourth-order valence-electron chi connectivity index (χ4n) is 5.28. The second kappa shape index (κ2) is 15.7. The molecular weight excluding hydrogens is 588 g/mol. The SMILES string of the molecule is COC(=O)C(Cc1ccccc1)NC(=O)Nc1cccc(C2OC(CSc3ccccc3)C(C)C(c3ccc(CO)cc3)O2)c1. The van der Waals surface area contributed by atoms with Crippen molar-refractivity contribution in [3.05, 3.63) is 131 Å². The summed E-state index contributed by atoms with van der Waals surface area (Å²) in [6, 6.07) is 33.4. The van der Waals surface area contributed by atoms with Gasteiger partial charge in [-0.15, -0.1) is 11.8 Å². The summed E-state index contributed by atoms with van der Waals surface area (Å²) in [7, 11) is 1.30. The molecule has 1 fully saturated rings. The van der Waals surface area contributed by atoms with Crippen LogP contribution in [0.2, 0.25) is 0 Å². The first-order valence-corrected chi connectivity index (χ1v) is 15.9. The van der Waals surface area contributed by atoms with Gasteiger partial charge in [0, 0.05) is 34.2 Å². The standard InChI is InChI=1S/C36H38N2O6S/c1-24-32(23-45-30-14-7-4-8-15-30)43-35(44-33(24)27-18-16-26(22-39)17-19-27)28-12-9-13-29(21-28)37-36(41)38-31(34(40)42-2)20-25-10-5-3-6-11-25/h3-19,21,24,31-33,35,39H,20,22-23H2,1-2H3,(H2,37,38,41). The van der Waals surface area contributed by atoms with Crippen molar-refractivity contribution in [3.63, 3.8) is 0 Å². The van der Waals surface area contributed by atoms with E-state index in [2.05, 4.69) is 29.7 Å². The van der Waals surface area contributed by atoms with Crippen LogP contribution in [0.15, 0.2) is 114 Å². The molecule has 8 nitrogen and oxygen atoms in total. The van der Waals surface area contributed by atoms with Crippen LogP contribution in [-0.4, -0.2) is 42.1 Å². The number of aliphatic hydroxyl groups is 1. The van der Waals surface area contributed by atoms with Crippen molar-refractivity contribution in [3.8, 4) is 0 Å². The Morgan fingerprint density at radius 2 is 1.58 bits per heavy atom. The van der Waals surface area contributed by atoms with Gasteiger partial charge in [0.05, 0.1) is 25.9 Å². The lowest BCUT2D eigenvalue weighted by atomic mass is 9.91. The summed E-state index contributed by atoms with van der Waals surface area (Å²) < 4.78 is 18.1. The maximum Gasteiger partial charge on any atom is 0.328 e. The lowest BCUT2D eigenvalue weighted by Crippen LogP contribution is -2.45. The largest absolute Gasteiger partial charge is 0.467 e. The number of carbonyl (C=O) groups is 2. The van der Waals surface area contributed by atoms with Crippen LogP contribution in [0.1, 0.15) is 41.6 Å². The smallest absolute Gasteiger partial charge is 0.328 e. The molecule has 0 bridgehead atoms. The molecule has 1 aliphatic rings. The molecule has 0 aromatic heterocycles. The van der Waals surface area contributed by atoms with Crippen LogP contribution in [0.25, 0.3) is 0 Å². The summed E-state index contributed by atoms with van der Waals surface area (Å²) in [5, 5.41) is 15.1. The third-order valence-electron chi connectivity index (χ3n) is 7.77. The molecule has 0 saturated carbocycles. The number of benzene rings is 4. The molecule has 9 heteroatoms. The highest BCUT2D eigenvalue weighted by Gasteiger charge is 2.38. The summed E-state index contributed by atoms with van der Waals surface area (Å²) in [5.74, 6) is 0.246. The van der Waals surface area contributed by atoms with Gasteiger partial charge in [0.1, 0.15) is 6.04 Å². The first-order chi connectivity index (χ1) is 21.9. The normalized spacial score (nSPS) is 20.2. The minimum absolute atomic E-state index is 0.0244. The van der Waals surface area contributed by atoms with Crippen LogP contribution in [-0.2, 0) is 32.0 Å². The molecular formula is C36H38N2O6S. The Hall–Kier alpha value is -4.15. The van der Waals surface area contributed by atoms with Crippen molar-refractivity contribution >= 4 is 29.4 Å². The van der Waals surface area contributed by atoms with Gasteiger partial charge in [-0.3, -0.25) is 0 Å². The molecule has 45 heavy (non-hydrogen) atoms. The van der Waals surface area contributed by atoms with Gasteiger partial charge in [-0.25, -0.2) is 9.59 Å². The number of methoxy groups -OCH3 is 1. The topological polar surface area (TPSA) is 106 Å². The van der Waals surface area contributed by atoms with Crippen LogP contribution in [0, 0.1) is 5.92 Å². The number of hydrogen-bond donors (Lipinski definition) is 3. The number of rotatable bonds is 11. The minimum atomic E-state index is -0.854. The zero-order valence-corrected chi connectivity index (χ0v) is 26.1. The van der Waals surface area contributed by atoms with E-state index in [1.165, 1.54) is 7.11 Å². The summed E-state index contributed by atoms with van der Waals surface area (Å²) in [6.45, 7) is 2.11. The van der Waals surface area contributed by atoms with Crippen LogP contribution < -0.4 is 10.6 Å². The fourth-order valence-corrected chi connectivity index (χ4v) is 6.37. The van der Waals surface area contributed by atoms with Crippen molar-refractivity contribution in [1.29, 1.82) is 0 Å². The Kier molecular flexibility index (Phi) is 11.3. The summed E-state index contributed by atoms with van der Waals surface area (Å²) in [4.78, 5) is 26.6. The van der Waals surface area contributed by atoms with E-state index in [1.807, 2.05) is 91.0 Å². The Balaban J connectivity index is 1.32. The highest BCUT2D eigenvalue weighted by atomic mass is 32.2. The van der Waals surface area contributed by atoms with E-state index in [1.54, 1.807) is 17.8 Å². The average molecular weight is 627 g/mol. The summed E-state index contributed by atoms with van der Waals surface area (Å²) in [6.07, 6.45) is -0.769. The van der Waals surface area contributed by atoms with Crippen molar-refractivity contribution in [2.24, 2.45) is 5.92 Å². The summed E-state index contributed by atoms with van der Waals surface area (Å²) in [5.41, 5.74) is 4.01. The molecule has 1 heterocycles. The molecule has 0 radical (unpaired) electrons. The van der Waals surface area contributed by atoms with Gasteiger partial charge in [-0.2, -0.15) is 0 Å². The minimum Gasteiger partial charge on any atom is -0.467 e. The fraction of sp³-hybridized carbons (Fsp3) is 0.278. The van der Waals surface area contributed by atoms with E-state index in [4.69, 9.17) is 14.2 Å².